The maximum Gasteiger partial charge on any atom is 0.436 e. The third-order valence-electron chi connectivity index (χ3n) is 5.47. The number of hydrogen-bond donors (Lipinski definition) is 1. The highest BCUT2D eigenvalue weighted by Gasteiger charge is 2.41. The van der Waals surface area contributed by atoms with Crippen molar-refractivity contribution in [3.05, 3.63) is 73.0 Å². The molecule has 4 rings (SSSR count). The summed E-state index contributed by atoms with van der Waals surface area (Å²) in [6.07, 6.45) is -3.33. The fourth-order valence-corrected chi connectivity index (χ4v) is 4.57. The number of nitro groups is 1. The van der Waals surface area contributed by atoms with Crippen molar-refractivity contribution in [1.82, 2.24) is 9.78 Å². The number of carbonyl (C=O) groups is 1. The number of aromatic nitrogens is 2. The molecule has 0 unspecified atom stereocenters. The Bertz CT molecular complexity index is 1340. The van der Waals surface area contributed by atoms with Gasteiger partial charge in [0.15, 0.2) is 5.69 Å². The normalized spacial score (nSPS) is 13.5. The minimum atomic E-state index is -4.63. The number of ether oxygens (including phenoxy) is 1. The van der Waals surface area contributed by atoms with Gasteiger partial charge in [0.1, 0.15) is 11.5 Å². The van der Waals surface area contributed by atoms with E-state index in [9.17, 15) is 28.1 Å². The monoisotopic (exact) mass is 586 g/mol. The molecule has 1 aromatic heterocycles. The quantitative estimate of drug-likeness (QED) is 0.221. The van der Waals surface area contributed by atoms with Crippen LogP contribution < -0.4 is 10.1 Å². The SMILES string of the molecule is Cc1cc(Oc2cc(NC(=O)CCn3nc(C(F)(F)F)c(Br)c3C3CC3)cc([N+](=O)[O-])c2)ccc1Cl. The Labute approximate surface area is 216 Å². The van der Waals surface area contributed by atoms with Gasteiger partial charge in [-0.1, -0.05) is 11.6 Å². The summed E-state index contributed by atoms with van der Waals surface area (Å²) in [6, 6.07) is 8.67. The van der Waals surface area contributed by atoms with E-state index in [1.807, 2.05) is 0 Å². The molecule has 1 aliphatic rings. The molecule has 1 fully saturated rings. The molecular weight excluding hydrogens is 569 g/mol. The van der Waals surface area contributed by atoms with E-state index < -0.39 is 22.7 Å². The van der Waals surface area contributed by atoms with Crippen molar-refractivity contribution in [3.63, 3.8) is 0 Å². The molecule has 1 aliphatic carbocycles. The lowest BCUT2D eigenvalue weighted by molar-refractivity contribution is -0.384. The van der Waals surface area contributed by atoms with Crippen LogP contribution in [-0.4, -0.2) is 20.6 Å². The molecule has 2 aromatic carbocycles. The first-order valence-electron chi connectivity index (χ1n) is 10.8. The first-order chi connectivity index (χ1) is 16.9. The van der Waals surface area contributed by atoms with Gasteiger partial charge in [0, 0.05) is 29.5 Å². The molecule has 13 heteroatoms. The van der Waals surface area contributed by atoms with E-state index in [0.717, 1.165) is 18.4 Å². The number of nitrogens with one attached hydrogen (secondary N) is 1. The largest absolute Gasteiger partial charge is 0.457 e. The third-order valence-corrected chi connectivity index (χ3v) is 6.67. The number of amides is 1. The lowest BCUT2D eigenvalue weighted by Crippen LogP contribution is -2.16. The van der Waals surface area contributed by atoms with E-state index in [-0.39, 0.29) is 40.5 Å². The average molecular weight is 588 g/mol. The summed E-state index contributed by atoms with van der Waals surface area (Å²) in [5.41, 5.74) is -0.0648. The van der Waals surface area contributed by atoms with Crippen molar-refractivity contribution in [3.8, 4) is 11.5 Å². The van der Waals surface area contributed by atoms with Gasteiger partial charge < -0.3 is 10.1 Å². The van der Waals surface area contributed by atoms with E-state index in [0.29, 0.717) is 16.5 Å². The maximum absolute atomic E-state index is 13.3. The fourth-order valence-electron chi connectivity index (χ4n) is 3.62. The maximum atomic E-state index is 13.3. The predicted octanol–water partition coefficient (Wildman–Crippen LogP) is 7.23. The summed E-state index contributed by atoms with van der Waals surface area (Å²) in [5.74, 6) is -0.0835. The number of benzene rings is 2. The lowest BCUT2D eigenvalue weighted by Gasteiger charge is -2.11. The van der Waals surface area contributed by atoms with Crippen LogP contribution in [0.4, 0.5) is 24.5 Å². The van der Waals surface area contributed by atoms with E-state index in [2.05, 4.69) is 26.3 Å². The number of carbonyl (C=O) groups excluding carboxylic acids is 1. The molecule has 1 amide bonds. The summed E-state index contributed by atoms with van der Waals surface area (Å²) in [5, 5.41) is 18.1. The number of halogens is 5. The minimum Gasteiger partial charge on any atom is -0.457 e. The Kier molecular flexibility index (Phi) is 7.28. The number of anilines is 1. The minimum absolute atomic E-state index is 0.0426. The molecule has 0 radical (unpaired) electrons. The van der Waals surface area contributed by atoms with Gasteiger partial charge in [-0.05, 0) is 59.5 Å². The van der Waals surface area contributed by atoms with Gasteiger partial charge in [0.2, 0.25) is 5.91 Å². The molecule has 190 valence electrons. The van der Waals surface area contributed by atoms with Crippen LogP contribution >= 0.6 is 27.5 Å². The van der Waals surface area contributed by atoms with Gasteiger partial charge in [-0.3, -0.25) is 19.6 Å². The Hall–Kier alpha value is -3.12. The number of non-ortho nitro benzene ring substituents is 1. The first kappa shape index (κ1) is 26.0. The number of alkyl halides is 3. The van der Waals surface area contributed by atoms with Crippen LogP contribution in [0.3, 0.4) is 0 Å². The number of nitrogens with zero attached hydrogens (tertiary/aromatic N) is 3. The number of aryl methyl sites for hydroxylation is 2. The van der Waals surface area contributed by atoms with Gasteiger partial charge in [-0.2, -0.15) is 18.3 Å². The highest BCUT2D eigenvalue weighted by molar-refractivity contribution is 9.10. The number of nitro benzene ring substituents is 1. The van der Waals surface area contributed by atoms with Crippen LogP contribution in [0.2, 0.25) is 5.02 Å². The molecular formula is C23H19BrClF3N4O4. The number of hydrogen-bond acceptors (Lipinski definition) is 5. The molecule has 1 saturated carbocycles. The molecule has 0 spiro atoms. The van der Waals surface area contributed by atoms with Crippen molar-refractivity contribution >= 4 is 44.8 Å². The standard InChI is InChI=1S/C23H19BrClF3N4O4/c1-12-8-16(4-5-18(12)25)36-17-10-14(9-15(11-17)32(34)35)29-19(33)6-7-31-21(13-2-3-13)20(24)22(30-31)23(26,27)28/h4-5,8-11,13H,2-3,6-7H2,1H3,(H,29,33). The van der Waals surface area contributed by atoms with Crippen LogP contribution in [0, 0.1) is 17.0 Å². The molecule has 3 aromatic rings. The Morgan fingerprint density at radius 1 is 1.28 bits per heavy atom. The van der Waals surface area contributed by atoms with Crippen molar-refractivity contribution in [2.75, 3.05) is 5.32 Å². The van der Waals surface area contributed by atoms with E-state index in [1.165, 1.54) is 22.9 Å². The molecule has 1 N–H and O–H groups in total. The van der Waals surface area contributed by atoms with Crippen LogP contribution in [0.1, 0.15) is 42.1 Å². The van der Waals surface area contributed by atoms with Crippen LogP contribution in [0.5, 0.6) is 11.5 Å². The second-order valence-corrected chi connectivity index (χ2v) is 9.53. The molecule has 1 heterocycles. The Balaban J connectivity index is 1.50. The summed E-state index contributed by atoms with van der Waals surface area (Å²) in [6.45, 7) is 1.69. The molecule has 0 bridgehead atoms. The zero-order valence-corrected chi connectivity index (χ0v) is 21.1. The summed E-state index contributed by atoms with van der Waals surface area (Å²) >= 11 is 9.03. The van der Waals surface area contributed by atoms with Crippen molar-refractivity contribution in [2.45, 2.75) is 44.8 Å². The molecule has 8 nitrogen and oxygen atoms in total. The highest BCUT2D eigenvalue weighted by atomic mass is 79.9. The van der Waals surface area contributed by atoms with Gasteiger partial charge in [0.25, 0.3) is 5.69 Å². The zero-order chi connectivity index (χ0) is 26.2. The lowest BCUT2D eigenvalue weighted by atomic mass is 10.2. The summed E-state index contributed by atoms with van der Waals surface area (Å²) < 4.78 is 46.7. The second kappa shape index (κ2) is 10.1. The van der Waals surface area contributed by atoms with Crippen molar-refractivity contribution in [1.29, 1.82) is 0 Å². The van der Waals surface area contributed by atoms with Gasteiger partial charge in [-0.25, -0.2) is 0 Å². The average Bonchev–Trinajstić information content (AvgIpc) is 3.56. The van der Waals surface area contributed by atoms with Crippen LogP contribution in [0.15, 0.2) is 40.9 Å². The van der Waals surface area contributed by atoms with Gasteiger partial charge in [0.05, 0.1) is 33.4 Å². The van der Waals surface area contributed by atoms with Gasteiger partial charge >= 0.3 is 6.18 Å². The highest BCUT2D eigenvalue weighted by Crippen LogP contribution is 2.47. The van der Waals surface area contributed by atoms with Crippen molar-refractivity contribution < 1.29 is 27.6 Å². The van der Waals surface area contributed by atoms with E-state index in [4.69, 9.17) is 16.3 Å². The summed E-state index contributed by atoms with van der Waals surface area (Å²) in [4.78, 5) is 23.4. The molecule has 0 aliphatic heterocycles. The predicted molar refractivity (Wildman–Crippen MR) is 130 cm³/mol. The zero-order valence-electron chi connectivity index (χ0n) is 18.7. The van der Waals surface area contributed by atoms with Crippen LogP contribution in [0.25, 0.3) is 0 Å². The molecule has 0 atom stereocenters. The smallest absolute Gasteiger partial charge is 0.436 e. The molecule has 0 saturated heterocycles. The van der Waals surface area contributed by atoms with Crippen molar-refractivity contribution in [2.24, 2.45) is 0 Å². The van der Waals surface area contributed by atoms with Crippen LogP contribution in [-0.2, 0) is 17.5 Å². The third kappa shape index (κ3) is 5.98. The fraction of sp³-hybridized carbons (Fsp3) is 0.304. The topological polar surface area (TPSA) is 99.3 Å². The van der Waals surface area contributed by atoms with E-state index in [1.54, 1.807) is 25.1 Å². The Morgan fingerprint density at radius 3 is 2.61 bits per heavy atom. The Morgan fingerprint density at radius 2 is 2.00 bits per heavy atom. The first-order valence-corrected chi connectivity index (χ1v) is 12.0. The molecule has 36 heavy (non-hydrogen) atoms. The second-order valence-electron chi connectivity index (χ2n) is 8.33. The van der Waals surface area contributed by atoms with Gasteiger partial charge in [-0.15, -0.1) is 0 Å². The number of rotatable bonds is 8. The van der Waals surface area contributed by atoms with E-state index >= 15 is 0 Å². The summed E-state index contributed by atoms with van der Waals surface area (Å²) in [7, 11) is 0.